The van der Waals surface area contributed by atoms with E-state index in [1.54, 1.807) is 0 Å². The summed E-state index contributed by atoms with van der Waals surface area (Å²) in [4.78, 5) is 28.7. The van der Waals surface area contributed by atoms with Crippen LogP contribution in [0.2, 0.25) is 0 Å². The van der Waals surface area contributed by atoms with Gasteiger partial charge < -0.3 is 15.3 Å². The highest BCUT2D eigenvalue weighted by Gasteiger charge is 1.79. The first-order chi connectivity index (χ1) is 6.81. The third kappa shape index (κ3) is 63.9. The Morgan fingerprint density at radius 2 is 0.733 bits per heavy atom. The molecule has 0 aromatic carbocycles. The van der Waals surface area contributed by atoms with E-state index in [4.69, 9.17) is 15.3 Å². The lowest BCUT2D eigenvalue weighted by Gasteiger charge is -1.72. The molecule has 0 saturated carbocycles. The lowest BCUT2D eigenvalue weighted by Crippen LogP contribution is -1.93. The van der Waals surface area contributed by atoms with Crippen molar-refractivity contribution in [3.05, 3.63) is 0 Å². The SMILES string of the molecule is CC(=O)CO.CC(=O)CO.CC(=O)CO. The van der Waals surface area contributed by atoms with Gasteiger partial charge in [-0.05, 0) is 20.8 Å². The number of hydrogen-bond donors (Lipinski definition) is 3. The molecule has 0 aliphatic rings. The van der Waals surface area contributed by atoms with Crippen LogP contribution in [0.25, 0.3) is 0 Å². The molecule has 0 aliphatic carbocycles. The number of aliphatic hydroxyl groups is 3. The van der Waals surface area contributed by atoms with Gasteiger partial charge in [-0.2, -0.15) is 0 Å². The van der Waals surface area contributed by atoms with Crippen molar-refractivity contribution in [3.63, 3.8) is 0 Å². The lowest BCUT2D eigenvalue weighted by atomic mass is 10.5. The van der Waals surface area contributed by atoms with Gasteiger partial charge in [0.1, 0.15) is 19.8 Å². The van der Waals surface area contributed by atoms with Crippen LogP contribution < -0.4 is 0 Å². The normalized spacial score (nSPS) is 7.60. The molecular formula is C9H18O6. The number of rotatable bonds is 3. The van der Waals surface area contributed by atoms with Gasteiger partial charge in [0.25, 0.3) is 0 Å². The first-order valence-electron chi connectivity index (χ1n) is 4.12. The van der Waals surface area contributed by atoms with Gasteiger partial charge in [-0.3, -0.25) is 14.4 Å². The highest BCUT2D eigenvalue weighted by Crippen LogP contribution is 1.56. The predicted molar refractivity (Wildman–Crippen MR) is 53.3 cm³/mol. The molecule has 0 atom stereocenters. The van der Waals surface area contributed by atoms with Gasteiger partial charge in [0, 0.05) is 0 Å². The number of hydrogen-bond acceptors (Lipinski definition) is 6. The Balaban J connectivity index is -0.000000144. The number of carbonyl (C=O) groups is 3. The number of carbonyl (C=O) groups excluding carboxylic acids is 3. The summed E-state index contributed by atoms with van der Waals surface area (Å²) in [5.41, 5.74) is 0. The van der Waals surface area contributed by atoms with E-state index in [0.717, 1.165) is 0 Å². The number of aliphatic hydroxyl groups excluding tert-OH is 3. The molecule has 0 rings (SSSR count). The van der Waals surface area contributed by atoms with E-state index in [1.807, 2.05) is 0 Å². The van der Waals surface area contributed by atoms with Crippen LogP contribution in [-0.4, -0.2) is 52.5 Å². The van der Waals surface area contributed by atoms with E-state index in [9.17, 15) is 14.4 Å². The van der Waals surface area contributed by atoms with Crippen molar-refractivity contribution in [2.45, 2.75) is 20.8 Å². The van der Waals surface area contributed by atoms with E-state index < -0.39 is 0 Å². The van der Waals surface area contributed by atoms with Gasteiger partial charge in [0.05, 0.1) is 0 Å². The molecule has 15 heavy (non-hydrogen) atoms. The van der Waals surface area contributed by atoms with E-state index in [2.05, 4.69) is 0 Å². The molecule has 0 aromatic rings. The molecule has 0 amide bonds. The van der Waals surface area contributed by atoms with Crippen LogP contribution in [0.5, 0.6) is 0 Å². The topological polar surface area (TPSA) is 112 Å². The fourth-order valence-corrected chi connectivity index (χ4v) is 0. The fourth-order valence-electron chi connectivity index (χ4n) is 0. The molecule has 6 heteroatoms. The quantitative estimate of drug-likeness (QED) is 0.547. The lowest BCUT2D eigenvalue weighted by molar-refractivity contribution is -0.120. The van der Waals surface area contributed by atoms with Gasteiger partial charge in [-0.1, -0.05) is 0 Å². The average Bonchev–Trinajstić information content (AvgIpc) is 2.19. The van der Waals surface area contributed by atoms with Crippen molar-refractivity contribution in [1.82, 2.24) is 0 Å². The Morgan fingerprint density at radius 1 is 0.667 bits per heavy atom. The van der Waals surface area contributed by atoms with E-state index >= 15 is 0 Å². The second-order valence-corrected chi connectivity index (χ2v) is 2.58. The minimum Gasteiger partial charge on any atom is -0.389 e. The molecule has 0 bridgehead atoms. The maximum atomic E-state index is 9.56. The Kier molecular flexibility index (Phi) is 19.9. The van der Waals surface area contributed by atoms with Crippen LogP contribution in [0.15, 0.2) is 0 Å². The summed E-state index contributed by atoms with van der Waals surface area (Å²) in [7, 11) is 0. The molecule has 0 aliphatic heterocycles. The van der Waals surface area contributed by atoms with Crippen molar-refractivity contribution in [3.8, 4) is 0 Å². The highest BCUT2D eigenvalue weighted by molar-refractivity contribution is 5.76. The molecule has 0 fully saturated rings. The summed E-state index contributed by atoms with van der Waals surface area (Å²) in [5, 5.41) is 23.4. The molecular weight excluding hydrogens is 204 g/mol. The predicted octanol–water partition coefficient (Wildman–Crippen LogP) is -1.30. The summed E-state index contributed by atoms with van der Waals surface area (Å²) in [6, 6.07) is 0. The van der Waals surface area contributed by atoms with Crippen LogP contribution in [-0.2, 0) is 14.4 Å². The number of ketones is 3. The van der Waals surface area contributed by atoms with Gasteiger partial charge >= 0.3 is 0 Å². The van der Waals surface area contributed by atoms with Crippen LogP contribution >= 0.6 is 0 Å². The third-order valence-electron chi connectivity index (χ3n) is 0.668. The van der Waals surface area contributed by atoms with Crippen LogP contribution in [0.1, 0.15) is 20.8 Å². The van der Waals surface area contributed by atoms with Crippen LogP contribution in [0.3, 0.4) is 0 Å². The minimum atomic E-state index is -0.333. The minimum absolute atomic E-state index is 0.190. The summed E-state index contributed by atoms with van der Waals surface area (Å²) in [5.74, 6) is -0.569. The Morgan fingerprint density at radius 3 is 0.733 bits per heavy atom. The zero-order chi connectivity index (χ0) is 12.9. The highest BCUT2D eigenvalue weighted by atomic mass is 16.3. The van der Waals surface area contributed by atoms with Gasteiger partial charge in [0.15, 0.2) is 17.3 Å². The third-order valence-corrected chi connectivity index (χ3v) is 0.668. The van der Waals surface area contributed by atoms with E-state index in [1.165, 1.54) is 20.8 Å². The second kappa shape index (κ2) is 15.4. The second-order valence-electron chi connectivity index (χ2n) is 2.58. The zero-order valence-corrected chi connectivity index (χ0v) is 9.19. The Bertz CT molecular complexity index is 154. The first kappa shape index (κ1) is 19.5. The molecule has 90 valence electrons. The van der Waals surface area contributed by atoms with Crippen LogP contribution in [0, 0.1) is 0 Å². The Labute approximate surface area is 88.5 Å². The Hall–Kier alpha value is -1.11. The summed E-state index contributed by atoms with van der Waals surface area (Å²) >= 11 is 0. The van der Waals surface area contributed by atoms with E-state index in [-0.39, 0.29) is 37.2 Å². The molecule has 0 radical (unpaired) electrons. The largest absolute Gasteiger partial charge is 0.389 e. The monoisotopic (exact) mass is 222 g/mol. The molecule has 0 spiro atoms. The first-order valence-corrected chi connectivity index (χ1v) is 4.12. The van der Waals surface area contributed by atoms with E-state index in [0.29, 0.717) is 0 Å². The fraction of sp³-hybridized carbons (Fsp3) is 0.667. The molecule has 0 saturated heterocycles. The summed E-state index contributed by atoms with van der Waals surface area (Å²) in [6.07, 6.45) is 0. The smallest absolute Gasteiger partial charge is 0.155 e. The molecule has 0 aromatic heterocycles. The number of Topliss-reactive ketones (excluding diaryl/α,β-unsaturated/α-hetero) is 3. The molecule has 0 heterocycles. The molecule has 6 nitrogen and oxygen atoms in total. The average molecular weight is 222 g/mol. The zero-order valence-electron chi connectivity index (χ0n) is 9.19. The molecule has 0 unspecified atom stereocenters. The van der Waals surface area contributed by atoms with Gasteiger partial charge in [-0.25, -0.2) is 0 Å². The van der Waals surface area contributed by atoms with Gasteiger partial charge in [0.2, 0.25) is 0 Å². The van der Waals surface area contributed by atoms with Crippen molar-refractivity contribution in [1.29, 1.82) is 0 Å². The maximum Gasteiger partial charge on any atom is 0.155 e. The standard InChI is InChI=1S/3C3H6O2/c3*1-3(5)2-4/h3*4H,2H2,1H3. The van der Waals surface area contributed by atoms with Crippen molar-refractivity contribution in [2.75, 3.05) is 19.8 Å². The van der Waals surface area contributed by atoms with Gasteiger partial charge in [-0.15, -0.1) is 0 Å². The summed E-state index contributed by atoms with van der Waals surface area (Å²) < 4.78 is 0. The van der Waals surface area contributed by atoms with Crippen molar-refractivity contribution in [2.24, 2.45) is 0 Å². The summed E-state index contributed by atoms with van der Waals surface area (Å²) in [6.45, 7) is 3.00. The molecule has 3 N–H and O–H groups in total. The van der Waals surface area contributed by atoms with Crippen LogP contribution in [0.4, 0.5) is 0 Å². The van der Waals surface area contributed by atoms with Crippen molar-refractivity contribution < 1.29 is 29.7 Å². The van der Waals surface area contributed by atoms with Crippen molar-refractivity contribution >= 4 is 17.3 Å². The maximum absolute atomic E-state index is 9.56.